The minimum absolute atomic E-state index is 0.127. The number of hydrogen-bond donors (Lipinski definition) is 1. The van der Waals surface area contributed by atoms with Crippen molar-refractivity contribution < 1.29 is 23.9 Å². The summed E-state index contributed by atoms with van der Waals surface area (Å²) in [6, 6.07) is 16.4. The van der Waals surface area contributed by atoms with Gasteiger partial charge in [0.05, 0.1) is 7.11 Å². The van der Waals surface area contributed by atoms with E-state index in [4.69, 9.17) is 9.47 Å². The molecule has 29 heavy (non-hydrogen) atoms. The Morgan fingerprint density at radius 1 is 0.931 bits per heavy atom. The van der Waals surface area contributed by atoms with Crippen LogP contribution in [-0.4, -0.2) is 31.0 Å². The smallest absolute Gasteiger partial charge is 0.328 e. The first kappa shape index (κ1) is 22.1. The summed E-state index contributed by atoms with van der Waals surface area (Å²) in [5.74, 6) is -1.16. The van der Waals surface area contributed by atoms with Crippen molar-refractivity contribution in [2.24, 2.45) is 0 Å². The van der Waals surface area contributed by atoms with Crippen LogP contribution in [-0.2, 0) is 36.9 Å². The highest BCUT2D eigenvalue weighted by Crippen LogP contribution is 2.08. The largest absolute Gasteiger partial charge is 0.467 e. The maximum Gasteiger partial charge on any atom is 0.328 e. The zero-order valence-corrected chi connectivity index (χ0v) is 16.9. The number of nitrogens with one attached hydrogen (secondary N) is 1. The predicted octanol–water partition coefficient (Wildman–Crippen LogP) is 3.11. The maximum absolute atomic E-state index is 12.2. The van der Waals surface area contributed by atoms with Crippen LogP contribution in [0.1, 0.15) is 36.0 Å². The van der Waals surface area contributed by atoms with E-state index in [2.05, 4.69) is 5.32 Å². The van der Waals surface area contributed by atoms with Crippen LogP contribution in [0.2, 0.25) is 0 Å². The Kier molecular flexibility index (Phi) is 8.89. The lowest BCUT2D eigenvalue weighted by Crippen LogP contribution is -2.43. The van der Waals surface area contributed by atoms with Gasteiger partial charge in [0.1, 0.15) is 12.6 Å². The first-order valence-corrected chi connectivity index (χ1v) is 9.60. The van der Waals surface area contributed by atoms with Crippen molar-refractivity contribution in [1.82, 2.24) is 5.32 Å². The van der Waals surface area contributed by atoms with Gasteiger partial charge in [-0.25, -0.2) is 4.79 Å². The molecule has 0 aliphatic rings. The second kappa shape index (κ2) is 11.6. The Balaban J connectivity index is 1.72. The van der Waals surface area contributed by atoms with Gasteiger partial charge in [-0.15, -0.1) is 0 Å². The number of carbonyl (C=O) groups is 3. The number of hydrogen-bond acceptors (Lipinski definition) is 5. The minimum Gasteiger partial charge on any atom is -0.467 e. The van der Waals surface area contributed by atoms with Crippen LogP contribution >= 0.6 is 0 Å². The van der Waals surface area contributed by atoms with E-state index in [1.807, 2.05) is 61.5 Å². The van der Waals surface area contributed by atoms with Gasteiger partial charge >= 0.3 is 11.9 Å². The molecule has 0 unspecified atom stereocenters. The molecule has 0 bridgehead atoms. The number of methoxy groups -OCH3 is 1. The Labute approximate surface area is 171 Å². The molecule has 0 aliphatic heterocycles. The van der Waals surface area contributed by atoms with E-state index >= 15 is 0 Å². The summed E-state index contributed by atoms with van der Waals surface area (Å²) in [6.07, 6.45) is 0.957. The molecule has 1 amide bonds. The first-order valence-electron chi connectivity index (χ1n) is 9.60. The van der Waals surface area contributed by atoms with Gasteiger partial charge in [0.15, 0.2) is 0 Å². The van der Waals surface area contributed by atoms with Crippen LogP contribution in [0, 0.1) is 6.92 Å². The van der Waals surface area contributed by atoms with Crippen molar-refractivity contribution in [2.45, 2.75) is 45.3 Å². The molecule has 0 spiro atoms. The summed E-state index contributed by atoms with van der Waals surface area (Å²) < 4.78 is 10.0. The minimum atomic E-state index is -0.761. The number of rotatable bonds is 10. The fourth-order valence-electron chi connectivity index (χ4n) is 2.77. The lowest BCUT2D eigenvalue weighted by molar-refractivity contribution is -0.146. The topological polar surface area (TPSA) is 81.7 Å². The summed E-state index contributed by atoms with van der Waals surface area (Å²) in [6.45, 7) is 2.21. The zero-order valence-electron chi connectivity index (χ0n) is 16.9. The Morgan fingerprint density at radius 3 is 2.28 bits per heavy atom. The Hall–Kier alpha value is -3.15. The van der Waals surface area contributed by atoms with Gasteiger partial charge in [-0.1, -0.05) is 60.2 Å². The number of ether oxygens (including phenoxy) is 2. The number of esters is 2. The molecule has 6 heteroatoms. The molecule has 0 radical (unpaired) electrons. The molecule has 0 aliphatic carbocycles. The van der Waals surface area contributed by atoms with E-state index in [0.717, 1.165) is 16.7 Å². The van der Waals surface area contributed by atoms with Gasteiger partial charge in [-0.3, -0.25) is 9.59 Å². The molecule has 1 atom stereocenters. The van der Waals surface area contributed by atoms with Crippen molar-refractivity contribution >= 4 is 17.8 Å². The van der Waals surface area contributed by atoms with Crippen molar-refractivity contribution in [1.29, 1.82) is 0 Å². The summed E-state index contributed by atoms with van der Waals surface area (Å²) >= 11 is 0. The second-order valence-corrected chi connectivity index (χ2v) is 6.83. The van der Waals surface area contributed by atoms with E-state index in [1.165, 1.54) is 7.11 Å². The molecule has 0 heterocycles. The van der Waals surface area contributed by atoms with E-state index < -0.39 is 12.0 Å². The molecule has 1 N–H and O–H groups in total. The lowest BCUT2D eigenvalue weighted by Gasteiger charge is -2.16. The van der Waals surface area contributed by atoms with Crippen LogP contribution in [0.5, 0.6) is 0 Å². The first-order chi connectivity index (χ1) is 14.0. The third-order valence-electron chi connectivity index (χ3n) is 4.41. The lowest BCUT2D eigenvalue weighted by atomic mass is 10.1. The summed E-state index contributed by atoms with van der Waals surface area (Å²) in [4.78, 5) is 36.0. The quantitative estimate of drug-likeness (QED) is 0.623. The molecule has 0 fully saturated rings. The van der Waals surface area contributed by atoms with Gasteiger partial charge in [0.2, 0.25) is 5.91 Å². The van der Waals surface area contributed by atoms with E-state index in [1.54, 1.807) is 0 Å². The monoisotopic (exact) mass is 397 g/mol. The third-order valence-corrected chi connectivity index (χ3v) is 4.41. The fraction of sp³-hybridized carbons (Fsp3) is 0.348. The molecule has 2 aromatic carbocycles. The van der Waals surface area contributed by atoms with Crippen molar-refractivity contribution in [3.05, 3.63) is 71.3 Å². The Bertz CT molecular complexity index is 802. The third kappa shape index (κ3) is 8.17. The standard InChI is InChI=1S/C23H27NO5/c1-17-11-13-19(14-12-17)16-29-22(26)10-6-9-21(25)24-20(23(27)28-2)15-18-7-4-3-5-8-18/h3-5,7-8,11-14,20H,6,9-10,15-16H2,1-2H3,(H,24,25)/t20-/m0/s1. The molecule has 0 saturated carbocycles. The molecule has 2 aromatic rings. The molecule has 0 saturated heterocycles. The van der Waals surface area contributed by atoms with Gasteiger partial charge < -0.3 is 14.8 Å². The highest BCUT2D eigenvalue weighted by atomic mass is 16.5. The maximum atomic E-state index is 12.2. The fourth-order valence-corrected chi connectivity index (χ4v) is 2.77. The van der Waals surface area contributed by atoms with Crippen LogP contribution in [0.25, 0.3) is 0 Å². The number of benzene rings is 2. The van der Waals surface area contributed by atoms with E-state index in [0.29, 0.717) is 12.8 Å². The highest BCUT2D eigenvalue weighted by molar-refractivity contribution is 5.84. The number of amides is 1. The molecule has 6 nitrogen and oxygen atoms in total. The van der Waals surface area contributed by atoms with Crippen molar-refractivity contribution in [2.75, 3.05) is 7.11 Å². The molecular weight excluding hydrogens is 370 g/mol. The SMILES string of the molecule is COC(=O)[C@H](Cc1ccccc1)NC(=O)CCCC(=O)OCc1ccc(C)cc1. The predicted molar refractivity (Wildman–Crippen MR) is 109 cm³/mol. The van der Waals surface area contributed by atoms with E-state index in [9.17, 15) is 14.4 Å². The normalized spacial score (nSPS) is 11.4. The second-order valence-electron chi connectivity index (χ2n) is 6.83. The molecule has 2 rings (SSSR count). The molecular formula is C23H27NO5. The zero-order chi connectivity index (χ0) is 21.1. The average Bonchev–Trinajstić information content (AvgIpc) is 2.73. The van der Waals surface area contributed by atoms with Crippen molar-refractivity contribution in [3.8, 4) is 0 Å². The average molecular weight is 397 g/mol. The molecule has 154 valence electrons. The van der Waals surface area contributed by atoms with Crippen LogP contribution in [0.4, 0.5) is 0 Å². The summed E-state index contributed by atoms with van der Waals surface area (Å²) in [7, 11) is 1.29. The van der Waals surface area contributed by atoms with Gasteiger partial charge in [0.25, 0.3) is 0 Å². The summed E-state index contributed by atoms with van der Waals surface area (Å²) in [5.41, 5.74) is 2.98. The van der Waals surface area contributed by atoms with Crippen LogP contribution < -0.4 is 5.32 Å². The van der Waals surface area contributed by atoms with E-state index in [-0.39, 0.29) is 31.3 Å². The van der Waals surface area contributed by atoms with Crippen LogP contribution in [0.15, 0.2) is 54.6 Å². The molecule has 0 aromatic heterocycles. The Morgan fingerprint density at radius 2 is 1.62 bits per heavy atom. The highest BCUT2D eigenvalue weighted by Gasteiger charge is 2.21. The van der Waals surface area contributed by atoms with Gasteiger partial charge in [-0.2, -0.15) is 0 Å². The van der Waals surface area contributed by atoms with Crippen LogP contribution in [0.3, 0.4) is 0 Å². The van der Waals surface area contributed by atoms with Gasteiger partial charge in [0, 0.05) is 19.3 Å². The van der Waals surface area contributed by atoms with Crippen molar-refractivity contribution in [3.63, 3.8) is 0 Å². The number of aryl methyl sites for hydroxylation is 1. The number of carbonyl (C=O) groups excluding carboxylic acids is 3. The summed E-state index contributed by atoms with van der Waals surface area (Å²) in [5, 5.41) is 2.69. The van der Waals surface area contributed by atoms with Gasteiger partial charge in [-0.05, 0) is 24.5 Å².